The SMILES string of the molecule is CC(C)CSc1cc2c(cc1Cl)C=C(C(=O)O)[C@@H](C(F)(F)F)O2. The summed E-state index contributed by atoms with van der Waals surface area (Å²) in [5.41, 5.74) is -0.634. The molecular formula is C15H14ClF3O3S. The van der Waals surface area contributed by atoms with Crippen LogP contribution in [0, 0.1) is 5.92 Å². The van der Waals surface area contributed by atoms with E-state index in [0.29, 0.717) is 15.8 Å². The fourth-order valence-electron chi connectivity index (χ4n) is 1.98. The molecular weight excluding hydrogens is 353 g/mol. The second-order valence-electron chi connectivity index (χ2n) is 5.47. The molecule has 0 amide bonds. The Kier molecular flexibility index (Phi) is 5.20. The van der Waals surface area contributed by atoms with Gasteiger partial charge in [0, 0.05) is 16.2 Å². The van der Waals surface area contributed by atoms with E-state index in [9.17, 15) is 18.0 Å². The number of alkyl halides is 3. The third kappa shape index (κ3) is 4.14. The summed E-state index contributed by atoms with van der Waals surface area (Å²) in [5, 5.41) is 9.33. The molecule has 3 nitrogen and oxygen atoms in total. The maximum atomic E-state index is 13.0. The minimum absolute atomic E-state index is 0.0204. The molecule has 23 heavy (non-hydrogen) atoms. The first-order valence-electron chi connectivity index (χ1n) is 6.74. The van der Waals surface area contributed by atoms with Crippen molar-refractivity contribution in [3.63, 3.8) is 0 Å². The average Bonchev–Trinajstić information content (AvgIpc) is 2.42. The highest BCUT2D eigenvalue weighted by Crippen LogP contribution is 2.41. The molecule has 1 aliphatic rings. The van der Waals surface area contributed by atoms with Crippen molar-refractivity contribution in [2.24, 2.45) is 5.92 Å². The molecule has 0 saturated heterocycles. The van der Waals surface area contributed by atoms with Gasteiger partial charge in [-0.15, -0.1) is 11.8 Å². The summed E-state index contributed by atoms with van der Waals surface area (Å²) in [6, 6.07) is 2.85. The van der Waals surface area contributed by atoms with E-state index >= 15 is 0 Å². The molecule has 126 valence electrons. The van der Waals surface area contributed by atoms with E-state index in [1.54, 1.807) is 0 Å². The van der Waals surface area contributed by atoms with Crippen LogP contribution in [0.4, 0.5) is 13.2 Å². The number of rotatable bonds is 4. The number of carboxylic acid groups (broad SMARTS) is 1. The number of hydrogen-bond donors (Lipinski definition) is 1. The zero-order valence-electron chi connectivity index (χ0n) is 12.3. The van der Waals surface area contributed by atoms with E-state index in [4.69, 9.17) is 21.4 Å². The van der Waals surface area contributed by atoms with Gasteiger partial charge in [-0.2, -0.15) is 13.2 Å². The molecule has 1 aromatic rings. The lowest BCUT2D eigenvalue weighted by molar-refractivity contribution is -0.187. The van der Waals surface area contributed by atoms with Crippen LogP contribution in [0.3, 0.4) is 0 Å². The Bertz CT molecular complexity index is 656. The summed E-state index contributed by atoms with van der Waals surface area (Å²) in [6.07, 6.45) is -6.34. The van der Waals surface area contributed by atoms with Gasteiger partial charge in [0.1, 0.15) is 5.75 Å². The molecule has 1 atom stereocenters. The maximum absolute atomic E-state index is 13.0. The molecule has 0 unspecified atom stereocenters. The van der Waals surface area contributed by atoms with Crippen molar-refractivity contribution in [3.05, 3.63) is 28.3 Å². The quantitative estimate of drug-likeness (QED) is 0.771. The van der Waals surface area contributed by atoms with Crippen molar-refractivity contribution in [3.8, 4) is 5.75 Å². The fourth-order valence-corrected chi connectivity index (χ4v) is 3.22. The van der Waals surface area contributed by atoms with Crippen LogP contribution in [0.1, 0.15) is 19.4 Å². The van der Waals surface area contributed by atoms with Gasteiger partial charge >= 0.3 is 12.1 Å². The van der Waals surface area contributed by atoms with Gasteiger partial charge in [-0.3, -0.25) is 0 Å². The largest absolute Gasteiger partial charge is 0.478 e. The highest BCUT2D eigenvalue weighted by Gasteiger charge is 2.48. The number of ether oxygens (including phenoxy) is 1. The van der Waals surface area contributed by atoms with E-state index < -0.39 is 23.8 Å². The predicted molar refractivity (Wildman–Crippen MR) is 83.1 cm³/mol. The Morgan fingerprint density at radius 2 is 2.09 bits per heavy atom. The summed E-state index contributed by atoms with van der Waals surface area (Å²) < 4.78 is 44.0. The number of carbonyl (C=O) groups is 1. The van der Waals surface area contributed by atoms with Gasteiger partial charge in [-0.1, -0.05) is 25.4 Å². The van der Waals surface area contributed by atoms with Crippen LogP contribution in [0.5, 0.6) is 5.75 Å². The lowest BCUT2D eigenvalue weighted by atomic mass is 10.0. The van der Waals surface area contributed by atoms with E-state index in [-0.39, 0.29) is 11.3 Å². The molecule has 1 aliphatic heterocycles. The topological polar surface area (TPSA) is 46.5 Å². The standard InChI is InChI=1S/C15H14ClF3O3S/c1-7(2)6-23-12-5-11-8(4-10(12)16)3-9(14(20)21)13(22-11)15(17,18)19/h3-5,7,13H,6H2,1-2H3,(H,20,21)/t13-/m0/s1. The molecule has 8 heteroatoms. The Balaban J connectivity index is 2.43. The minimum Gasteiger partial charge on any atom is -0.478 e. The van der Waals surface area contributed by atoms with Crippen molar-refractivity contribution >= 4 is 35.4 Å². The Morgan fingerprint density at radius 3 is 2.61 bits per heavy atom. The van der Waals surface area contributed by atoms with Crippen molar-refractivity contribution in [2.75, 3.05) is 5.75 Å². The third-order valence-electron chi connectivity index (χ3n) is 3.02. The smallest absolute Gasteiger partial charge is 0.430 e. The predicted octanol–water partition coefficient (Wildman–Crippen LogP) is 4.88. The number of hydrogen-bond acceptors (Lipinski definition) is 3. The zero-order valence-corrected chi connectivity index (χ0v) is 13.9. The number of thioether (sulfide) groups is 1. The Hall–Kier alpha value is -1.34. The number of benzene rings is 1. The number of halogens is 4. The second kappa shape index (κ2) is 6.65. The average molecular weight is 367 g/mol. The normalized spacial score (nSPS) is 17.5. The molecule has 0 bridgehead atoms. The molecule has 2 rings (SSSR count). The van der Waals surface area contributed by atoms with Crippen LogP contribution in [0.25, 0.3) is 6.08 Å². The van der Waals surface area contributed by atoms with Gasteiger partial charge in [0.2, 0.25) is 6.10 Å². The molecule has 1 aromatic carbocycles. The molecule has 1 heterocycles. The van der Waals surface area contributed by atoms with Crippen LogP contribution in [-0.4, -0.2) is 29.1 Å². The van der Waals surface area contributed by atoms with E-state index in [0.717, 1.165) is 11.8 Å². The van der Waals surface area contributed by atoms with Gasteiger partial charge in [-0.25, -0.2) is 4.79 Å². The lowest BCUT2D eigenvalue weighted by Gasteiger charge is -2.27. The van der Waals surface area contributed by atoms with Crippen LogP contribution in [-0.2, 0) is 4.79 Å². The number of fused-ring (bicyclic) bond motifs is 1. The van der Waals surface area contributed by atoms with Gasteiger partial charge in [0.15, 0.2) is 0 Å². The summed E-state index contributed by atoms with van der Waals surface area (Å²) in [5.74, 6) is -0.563. The number of carboxylic acids is 1. The van der Waals surface area contributed by atoms with Crippen molar-refractivity contribution in [2.45, 2.75) is 31.0 Å². The Morgan fingerprint density at radius 1 is 1.43 bits per heavy atom. The molecule has 0 aromatic heterocycles. The second-order valence-corrected chi connectivity index (χ2v) is 6.94. The summed E-state index contributed by atoms with van der Waals surface area (Å²) in [4.78, 5) is 11.7. The van der Waals surface area contributed by atoms with Crippen LogP contribution >= 0.6 is 23.4 Å². The third-order valence-corrected chi connectivity index (χ3v) is 4.93. The van der Waals surface area contributed by atoms with E-state index in [2.05, 4.69) is 0 Å². The van der Waals surface area contributed by atoms with Crippen LogP contribution < -0.4 is 4.74 Å². The molecule has 0 aliphatic carbocycles. The van der Waals surface area contributed by atoms with Crippen LogP contribution in [0.2, 0.25) is 5.02 Å². The lowest BCUT2D eigenvalue weighted by Crippen LogP contribution is -2.40. The summed E-state index contributed by atoms with van der Waals surface area (Å²) in [6.45, 7) is 4.02. The maximum Gasteiger partial charge on any atom is 0.430 e. The first kappa shape index (κ1) is 18.0. The van der Waals surface area contributed by atoms with Crippen molar-refractivity contribution in [1.82, 2.24) is 0 Å². The highest BCUT2D eigenvalue weighted by molar-refractivity contribution is 7.99. The Labute approximate surface area is 140 Å². The molecule has 1 N–H and O–H groups in total. The molecule has 0 fully saturated rings. The molecule has 0 radical (unpaired) electrons. The zero-order chi connectivity index (χ0) is 17.4. The van der Waals surface area contributed by atoms with Crippen molar-refractivity contribution < 1.29 is 27.8 Å². The molecule has 0 spiro atoms. The minimum atomic E-state index is -4.81. The highest BCUT2D eigenvalue weighted by atomic mass is 35.5. The monoisotopic (exact) mass is 366 g/mol. The molecule has 0 saturated carbocycles. The summed E-state index contributed by atoms with van der Waals surface area (Å²) >= 11 is 7.54. The van der Waals surface area contributed by atoms with Gasteiger partial charge < -0.3 is 9.84 Å². The number of aliphatic carboxylic acids is 1. The van der Waals surface area contributed by atoms with E-state index in [1.165, 1.54) is 23.9 Å². The van der Waals surface area contributed by atoms with Gasteiger partial charge in [0.25, 0.3) is 0 Å². The van der Waals surface area contributed by atoms with Crippen molar-refractivity contribution in [1.29, 1.82) is 0 Å². The van der Waals surface area contributed by atoms with Gasteiger partial charge in [0.05, 0.1) is 10.6 Å². The van der Waals surface area contributed by atoms with Gasteiger partial charge in [-0.05, 0) is 24.1 Å². The first-order valence-corrected chi connectivity index (χ1v) is 8.10. The summed E-state index contributed by atoms with van der Waals surface area (Å²) in [7, 11) is 0. The fraction of sp³-hybridized carbons (Fsp3) is 0.400. The van der Waals surface area contributed by atoms with E-state index in [1.807, 2.05) is 13.8 Å². The first-order chi connectivity index (χ1) is 10.6. The van der Waals surface area contributed by atoms with Crippen LogP contribution in [0.15, 0.2) is 22.6 Å².